The number of hydrogen-bond acceptors (Lipinski definition) is 4. The molecule has 0 saturated heterocycles. The van der Waals surface area contributed by atoms with Gasteiger partial charge in [-0.25, -0.2) is 0 Å². The van der Waals surface area contributed by atoms with E-state index in [2.05, 4.69) is 5.10 Å². The first-order chi connectivity index (χ1) is 6.15. The fourth-order valence-electron chi connectivity index (χ4n) is 0.993. The Bertz CT molecular complexity index is 315. The molecule has 1 aromatic rings. The number of rotatable bonds is 3. The average molecular weight is 181 g/mol. The second-order valence-corrected chi connectivity index (χ2v) is 2.79. The molecule has 0 radical (unpaired) electrons. The molecule has 0 bridgehead atoms. The summed E-state index contributed by atoms with van der Waals surface area (Å²) in [6.07, 6.45) is -0.587. The third kappa shape index (κ3) is 2.28. The van der Waals surface area contributed by atoms with Gasteiger partial charge in [0.1, 0.15) is 6.10 Å². The normalized spacial score (nSPS) is 14.9. The van der Waals surface area contributed by atoms with Crippen LogP contribution in [-0.2, 0) is 7.05 Å². The van der Waals surface area contributed by atoms with Crippen molar-refractivity contribution in [1.82, 2.24) is 9.78 Å². The van der Waals surface area contributed by atoms with E-state index in [4.69, 9.17) is 5.26 Å². The zero-order valence-electron chi connectivity index (χ0n) is 7.25. The summed E-state index contributed by atoms with van der Waals surface area (Å²) in [7, 11) is 1.72. The van der Waals surface area contributed by atoms with E-state index in [1.54, 1.807) is 25.4 Å². The molecule has 70 valence electrons. The molecule has 0 spiro atoms. The van der Waals surface area contributed by atoms with E-state index >= 15 is 0 Å². The van der Waals surface area contributed by atoms with Gasteiger partial charge in [-0.1, -0.05) is 0 Å². The molecule has 1 aromatic heterocycles. The molecule has 13 heavy (non-hydrogen) atoms. The number of aryl methyl sites for hydroxylation is 1. The van der Waals surface area contributed by atoms with Crippen LogP contribution in [0, 0.1) is 11.3 Å². The van der Waals surface area contributed by atoms with Gasteiger partial charge in [-0.3, -0.25) is 4.68 Å². The molecule has 2 unspecified atom stereocenters. The van der Waals surface area contributed by atoms with Crippen molar-refractivity contribution in [3.8, 4) is 6.07 Å². The monoisotopic (exact) mass is 181 g/mol. The highest BCUT2D eigenvalue weighted by molar-refractivity contribution is 5.05. The Morgan fingerprint density at radius 2 is 2.38 bits per heavy atom. The van der Waals surface area contributed by atoms with Crippen LogP contribution in [0.25, 0.3) is 0 Å². The molecule has 0 aliphatic heterocycles. The molecule has 5 heteroatoms. The Morgan fingerprint density at radius 1 is 1.69 bits per heavy atom. The molecule has 0 aliphatic carbocycles. The van der Waals surface area contributed by atoms with Gasteiger partial charge in [-0.15, -0.1) is 0 Å². The zero-order valence-corrected chi connectivity index (χ0v) is 7.25. The van der Waals surface area contributed by atoms with Crippen LogP contribution in [0.15, 0.2) is 12.3 Å². The van der Waals surface area contributed by atoms with E-state index in [0.717, 1.165) is 0 Å². The van der Waals surface area contributed by atoms with Gasteiger partial charge in [0.05, 0.1) is 24.3 Å². The van der Waals surface area contributed by atoms with Gasteiger partial charge in [-0.2, -0.15) is 10.4 Å². The molecule has 0 aromatic carbocycles. The summed E-state index contributed by atoms with van der Waals surface area (Å²) in [5, 5.41) is 30.9. The summed E-state index contributed by atoms with van der Waals surface area (Å²) in [6, 6.07) is 3.38. The summed E-state index contributed by atoms with van der Waals surface area (Å²) < 4.78 is 1.53. The van der Waals surface area contributed by atoms with Crippen molar-refractivity contribution in [3.05, 3.63) is 18.0 Å². The second kappa shape index (κ2) is 4.03. The molecule has 1 heterocycles. The average Bonchev–Trinajstić information content (AvgIpc) is 2.51. The van der Waals surface area contributed by atoms with Crippen LogP contribution in [0.4, 0.5) is 0 Å². The molecular weight excluding hydrogens is 170 g/mol. The summed E-state index contributed by atoms with van der Waals surface area (Å²) in [5.74, 6) is 0. The van der Waals surface area contributed by atoms with Crippen molar-refractivity contribution >= 4 is 0 Å². The maximum absolute atomic E-state index is 9.46. The molecule has 1 rings (SSSR count). The van der Waals surface area contributed by atoms with Crippen molar-refractivity contribution in [2.24, 2.45) is 7.05 Å². The molecule has 2 N–H and O–H groups in total. The first-order valence-corrected chi connectivity index (χ1v) is 3.87. The third-order valence-electron chi connectivity index (χ3n) is 1.70. The van der Waals surface area contributed by atoms with E-state index in [1.165, 1.54) is 4.68 Å². The maximum Gasteiger partial charge on any atom is 0.125 e. The predicted octanol–water partition coefficient (Wildman–Crippen LogP) is -0.272. The Hall–Kier alpha value is -1.38. The number of nitrogens with zero attached hydrogens (tertiary/aromatic N) is 3. The van der Waals surface area contributed by atoms with Crippen LogP contribution in [0.1, 0.15) is 18.2 Å². The molecule has 5 nitrogen and oxygen atoms in total. The highest BCUT2D eigenvalue weighted by Gasteiger charge is 2.19. The number of aliphatic hydroxyl groups is 2. The van der Waals surface area contributed by atoms with Crippen LogP contribution in [-0.4, -0.2) is 26.1 Å². The third-order valence-corrected chi connectivity index (χ3v) is 1.70. The first kappa shape index (κ1) is 9.71. The molecule has 2 atom stereocenters. The minimum Gasteiger partial charge on any atom is -0.389 e. The molecule has 0 fully saturated rings. The standard InChI is InChI=1S/C8H11N3O2/c1-11-5-3-6(10-11)8(13)7(12)2-4-9/h3,5,7-8,12-13H,2H2,1H3. The van der Waals surface area contributed by atoms with E-state index in [1.807, 2.05) is 0 Å². The number of aliphatic hydroxyl groups excluding tert-OH is 2. The van der Waals surface area contributed by atoms with Crippen molar-refractivity contribution < 1.29 is 10.2 Å². The lowest BCUT2D eigenvalue weighted by Crippen LogP contribution is -2.18. The Labute approximate surface area is 75.8 Å². The lowest BCUT2D eigenvalue weighted by atomic mass is 10.1. The van der Waals surface area contributed by atoms with Gasteiger partial charge < -0.3 is 10.2 Å². The summed E-state index contributed by atoms with van der Waals surface area (Å²) in [5.41, 5.74) is 0.380. The zero-order chi connectivity index (χ0) is 9.84. The van der Waals surface area contributed by atoms with E-state index in [0.29, 0.717) is 5.69 Å². The fourth-order valence-corrected chi connectivity index (χ4v) is 0.993. The van der Waals surface area contributed by atoms with Gasteiger partial charge in [0.2, 0.25) is 0 Å². The minimum absolute atomic E-state index is 0.0995. The van der Waals surface area contributed by atoms with Gasteiger partial charge in [-0.05, 0) is 6.07 Å². The van der Waals surface area contributed by atoms with Crippen LogP contribution < -0.4 is 0 Å². The number of hydrogen-bond donors (Lipinski definition) is 2. The molecule has 0 aliphatic rings. The molecule has 0 amide bonds. The van der Waals surface area contributed by atoms with Crippen molar-refractivity contribution in [1.29, 1.82) is 5.26 Å². The van der Waals surface area contributed by atoms with Crippen molar-refractivity contribution in [2.75, 3.05) is 0 Å². The van der Waals surface area contributed by atoms with Gasteiger partial charge in [0.15, 0.2) is 0 Å². The van der Waals surface area contributed by atoms with E-state index in [-0.39, 0.29) is 6.42 Å². The van der Waals surface area contributed by atoms with Crippen LogP contribution in [0.5, 0.6) is 0 Å². The SMILES string of the molecule is Cn1ccc(C(O)C(O)CC#N)n1. The fraction of sp³-hybridized carbons (Fsp3) is 0.500. The smallest absolute Gasteiger partial charge is 0.125 e. The van der Waals surface area contributed by atoms with Crippen LogP contribution in [0.2, 0.25) is 0 Å². The van der Waals surface area contributed by atoms with Crippen LogP contribution in [0.3, 0.4) is 0 Å². The maximum atomic E-state index is 9.46. The second-order valence-electron chi connectivity index (χ2n) is 2.79. The van der Waals surface area contributed by atoms with Crippen molar-refractivity contribution in [3.63, 3.8) is 0 Å². The highest BCUT2D eigenvalue weighted by Crippen LogP contribution is 2.15. The Kier molecular flexibility index (Phi) is 3.01. The Morgan fingerprint density at radius 3 is 2.85 bits per heavy atom. The van der Waals surface area contributed by atoms with Gasteiger partial charge >= 0.3 is 0 Å². The van der Waals surface area contributed by atoms with E-state index in [9.17, 15) is 10.2 Å². The van der Waals surface area contributed by atoms with Crippen molar-refractivity contribution in [2.45, 2.75) is 18.6 Å². The first-order valence-electron chi connectivity index (χ1n) is 3.87. The van der Waals surface area contributed by atoms with E-state index < -0.39 is 12.2 Å². The largest absolute Gasteiger partial charge is 0.389 e. The number of nitriles is 1. The molecular formula is C8H11N3O2. The summed E-state index contributed by atoms with van der Waals surface area (Å²) in [6.45, 7) is 0. The number of aromatic nitrogens is 2. The lowest BCUT2D eigenvalue weighted by Gasteiger charge is -2.11. The predicted molar refractivity (Wildman–Crippen MR) is 44.4 cm³/mol. The van der Waals surface area contributed by atoms with Gasteiger partial charge in [0.25, 0.3) is 0 Å². The highest BCUT2D eigenvalue weighted by atomic mass is 16.3. The molecule has 0 saturated carbocycles. The lowest BCUT2D eigenvalue weighted by molar-refractivity contribution is 0.0187. The van der Waals surface area contributed by atoms with Crippen LogP contribution >= 0.6 is 0 Å². The summed E-state index contributed by atoms with van der Waals surface area (Å²) in [4.78, 5) is 0. The minimum atomic E-state index is -1.08. The Balaban J connectivity index is 2.68. The topological polar surface area (TPSA) is 82.1 Å². The quantitative estimate of drug-likeness (QED) is 0.672. The summed E-state index contributed by atoms with van der Waals surface area (Å²) >= 11 is 0. The van der Waals surface area contributed by atoms with Gasteiger partial charge in [0, 0.05) is 13.2 Å².